The lowest BCUT2D eigenvalue weighted by Crippen LogP contribution is -2.35. The van der Waals surface area contributed by atoms with Crippen LogP contribution in [0.5, 0.6) is 28.7 Å². The van der Waals surface area contributed by atoms with E-state index < -0.39 is 0 Å². The topological polar surface area (TPSA) is 94.3 Å². The summed E-state index contributed by atoms with van der Waals surface area (Å²) >= 11 is 5.82. The van der Waals surface area contributed by atoms with Crippen molar-refractivity contribution in [1.82, 2.24) is 9.88 Å². The van der Waals surface area contributed by atoms with Crippen molar-refractivity contribution < 1.29 is 23.7 Å². The second-order valence-electron chi connectivity index (χ2n) is 8.85. The van der Waals surface area contributed by atoms with Crippen LogP contribution in [0.25, 0.3) is 10.9 Å². The summed E-state index contributed by atoms with van der Waals surface area (Å²) in [4.78, 5) is 18.0. The third kappa shape index (κ3) is 4.90. The summed E-state index contributed by atoms with van der Waals surface area (Å²) in [6.07, 6.45) is 0. The molecule has 4 aromatic rings. The summed E-state index contributed by atoms with van der Waals surface area (Å²) < 4.78 is 27.5. The maximum absolute atomic E-state index is 13.1. The fraction of sp³-hybridized carbons (Fsp3) is 0.214. The molecule has 2 aliphatic heterocycles. The van der Waals surface area contributed by atoms with Gasteiger partial charge in [-0.05, 0) is 73.2 Å². The number of hydrogen-bond acceptors (Lipinski definition) is 7. The molecule has 6 rings (SSSR count). The average Bonchev–Trinajstić information content (AvgIpc) is 3.57. The van der Waals surface area contributed by atoms with Crippen LogP contribution in [0.3, 0.4) is 0 Å². The van der Waals surface area contributed by atoms with Gasteiger partial charge in [0.1, 0.15) is 5.75 Å². The summed E-state index contributed by atoms with van der Waals surface area (Å²) in [6.45, 7) is 3.62. The quantitative estimate of drug-likeness (QED) is 0.327. The molecule has 3 aromatic carbocycles. The van der Waals surface area contributed by atoms with Crippen LogP contribution in [0.1, 0.15) is 18.1 Å². The Morgan fingerprint density at radius 1 is 0.921 bits per heavy atom. The highest BCUT2D eigenvalue weighted by atomic mass is 32.1. The molecule has 3 heterocycles. The highest BCUT2D eigenvalue weighted by Crippen LogP contribution is 2.36. The predicted molar refractivity (Wildman–Crippen MR) is 146 cm³/mol. The fourth-order valence-electron chi connectivity index (χ4n) is 4.43. The molecule has 0 spiro atoms. The third-order valence-electron chi connectivity index (χ3n) is 6.29. The highest BCUT2D eigenvalue weighted by molar-refractivity contribution is 7.80. The number of nitrogens with zero attached hydrogens (tertiary/aromatic N) is 1. The van der Waals surface area contributed by atoms with Crippen molar-refractivity contribution >= 4 is 33.9 Å². The molecule has 10 heteroatoms. The standard InChI is InChI=1S/C28H25N3O6S/c1-2-33-21-6-4-20(5-7-21)29-28(38)31(13-17-3-8-23-24(9-17)35-15-34-23)14-19-10-18-11-25-26(37-16-36-25)12-22(18)30-27(19)32/h3-12H,2,13-16H2,1H3,(H,29,38)(H,30,32). The number of H-pyrrole nitrogens is 1. The van der Waals surface area contributed by atoms with E-state index >= 15 is 0 Å². The third-order valence-corrected chi connectivity index (χ3v) is 6.65. The fourth-order valence-corrected chi connectivity index (χ4v) is 4.67. The van der Waals surface area contributed by atoms with Crippen LogP contribution in [0, 0.1) is 0 Å². The molecule has 2 aliphatic rings. The summed E-state index contributed by atoms with van der Waals surface area (Å²) in [5, 5.41) is 4.61. The Morgan fingerprint density at radius 2 is 1.63 bits per heavy atom. The first-order valence-corrected chi connectivity index (χ1v) is 12.6. The van der Waals surface area contributed by atoms with Crippen molar-refractivity contribution in [3.05, 3.63) is 82.1 Å². The number of anilines is 1. The zero-order chi connectivity index (χ0) is 26.1. The van der Waals surface area contributed by atoms with Crippen LogP contribution in [0.4, 0.5) is 5.69 Å². The van der Waals surface area contributed by atoms with Crippen LogP contribution < -0.4 is 34.6 Å². The Hall–Kier alpha value is -4.44. The molecule has 2 N–H and O–H groups in total. The first kappa shape index (κ1) is 23.9. The van der Waals surface area contributed by atoms with Crippen LogP contribution in [0.2, 0.25) is 0 Å². The van der Waals surface area contributed by atoms with Gasteiger partial charge in [-0.15, -0.1) is 0 Å². The normalized spacial score (nSPS) is 13.0. The largest absolute Gasteiger partial charge is 0.494 e. The number of thiocarbonyl (C=S) groups is 1. The van der Waals surface area contributed by atoms with Gasteiger partial charge in [0.05, 0.1) is 18.7 Å². The van der Waals surface area contributed by atoms with Crippen molar-refractivity contribution in [3.63, 3.8) is 0 Å². The second kappa shape index (κ2) is 10.1. The molecule has 194 valence electrons. The lowest BCUT2D eigenvalue weighted by molar-refractivity contribution is 0.173. The zero-order valence-corrected chi connectivity index (χ0v) is 21.4. The van der Waals surface area contributed by atoms with E-state index in [1.54, 1.807) is 6.07 Å². The van der Waals surface area contributed by atoms with Gasteiger partial charge in [-0.3, -0.25) is 4.79 Å². The monoisotopic (exact) mass is 531 g/mol. The molecule has 1 aromatic heterocycles. The van der Waals surface area contributed by atoms with E-state index in [0.717, 1.165) is 22.4 Å². The van der Waals surface area contributed by atoms with Crippen LogP contribution >= 0.6 is 12.2 Å². The summed E-state index contributed by atoms with van der Waals surface area (Å²) in [7, 11) is 0. The zero-order valence-electron chi connectivity index (χ0n) is 20.6. The van der Waals surface area contributed by atoms with E-state index in [1.165, 1.54) is 0 Å². The molecule has 0 fully saturated rings. The minimum Gasteiger partial charge on any atom is -0.494 e. The van der Waals surface area contributed by atoms with E-state index in [1.807, 2.05) is 66.4 Å². The van der Waals surface area contributed by atoms with Gasteiger partial charge in [-0.25, -0.2) is 0 Å². The minimum absolute atomic E-state index is 0.164. The summed E-state index contributed by atoms with van der Waals surface area (Å²) in [5.74, 6) is 3.45. The van der Waals surface area contributed by atoms with E-state index in [9.17, 15) is 4.79 Å². The molecule has 0 saturated heterocycles. The Balaban J connectivity index is 1.29. The van der Waals surface area contributed by atoms with Gasteiger partial charge in [-0.2, -0.15) is 0 Å². The van der Waals surface area contributed by atoms with Crippen LogP contribution in [-0.2, 0) is 13.1 Å². The van der Waals surface area contributed by atoms with Gasteiger partial charge >= 0.3 is 0 Å². The number of aromatic nitrogens is 1. The van der Waals surface area contributed by atoms with Crippen molar-refractivity contribution in [2.75, 3.05) is 25.5 Å². The molecule has 0 aliphatic carbocycles. The molecule has 0 saturated carbocycles. The SMILES string of the molecule is CCOc1ccc(NC(=S)N(Cc2ccc3c(c2)OCO3)Cc2cc3cc4c(cc3[nH]c2=O)OCO4)cc1. The maximum atomic E-state index is 13.1. The number of ether oxygens (including phenoxy) is 5. The smallest absolute Gasteiger partial charge is 0.253 e. The van der Waals surface area contributed by atoms with Crippen LogP contribution in [0.15, 0.2) is 65.5 Å². The molecular weight excluding hydrogens is 506 g/mol. The van der Waals surface area contributed by atoms with Crippen molar-refractivity contribution in [2.45, 2.75) is 20.0 Å². The molecule has 9 nitrogen and oxygen atoms in total. The molecule has 0 amide bonds. The molecule has 0 atom stereocenters. The van der Waals surface area contributed by atoms with Crippen molar-refractivity contribution in [3.8, 4) is 28.7 Å². The van der Waals surface area contributed by atoms with Gasteiger partial charge < -0.3 is 38.9 Å². The van der Waals surface area contributed by atoms with Gasteiger partial charge in [0.2, 0.25) is 13.6 Å². The lowest BCUT2D eigenvalue weighted by atomic mass is 10.1. The second-order valence-corrected chi connectivity index (χ2v) is 9.23. The lowest BCUT2D eigenvalue weighted by Gasteiger charge is -2.26. The minimum atomic E-state index is -0.198. The molecule has 0 unspecified atom stereocenters. The van der Waals surface area contributed by atoms with Crippen LogP contribution in [-0.4, -0.2) is 35.2 Å². The Kier molecular flexibility index (Phi) is 6.38. The van der Waals surface area contributed by atoms with E-state index in [-0.39, 0.29) is 25.7 Å². The molecular formula is C28H25N3O6S. The van der Waals surface area contributed by atoms with E-state index in [2.05, 4.69) is 10.3 Å². The first-order valence-electron chi connectivity index (χ1n) is 12.2. The average molecular weight is 532 g/mol. The van der Waals surface area contributed by atoms with Gasteiger partial charge in [-0.1, -0.05) is 6.07 Å². The highest BCUT2D eigenvalue weighted by Gasteiger charge is 2.19. The number of hydrogen-bond donors (Lipinski definition) is 2. The number of aromatic amines is 1. The molecule has 38 heavy (non-hydrogen) atoms. The molecule has 0 bridgehead atoms. The number of pyridine rings is 1. The first-order chi connectivity index (χ1) is 18.6. The van der Waals surface area contributed by atoms with E-state index in [0.29, 0.717) is 52.3 Å². The molecule has 0 radical (unpaired) electrons. The summed E-state index contributed by atoms with van der Waals surface area (Å²) in [5.41, 5.74) is 2.82. The maximum Gasteiger partial charge on any atom is 0.253 e. The van der Waals surface area contributed by atoms with Gasteiger partial charge in [0.15, 0.2) is 28.1 Å². The number of nitrogens with one attached hydrogen (secondary N) is 2. The Morgan fingerprint density at radius 3 is 2.39 bits per heavy atom. The number of rotatable bonds is 7. The number of benzene rings is 3. The van der Waals surface area contributed by atoms with Crippen molar-refractivity contribution in [1.29, 1.82) is 0 Å². The van der Waals surface area contributed by atoms with E-state index in [4.69, 9.17) is 35.9 Å². The van der Waals surface area contributed by atoms with Gasteiger partial charge in [0.25, 0.3) is 5.56 Å². The Bertz CT molecular complexity index is 1570. The summed E-state index contributed by atoms with van der Waals surface area (Å²) in [6, 6.07) is 18.9. The Labute approximate surface area is 223 Å². The van der Waals surface area contributed by atoms with Gasteiger partial charge in [0, 0.05) is 29.2 Å². The predicted octanol–water partition coefficient (Wildman–Crippen LogP) is 4.78. The van der Waals surface area contributed by atoms with Crippen molar-refractivity contribution in [2.24, 2.45) is 0 Å². The number of fused-ring (bicyclic) bond motifs is 3.